The molecule has 2 aliphatic rings. The van der Waals surface area contributed by atoms with Gasteiger partial charge in [0.2, 0.25) is 5.78 Å². The van der Waals surface area contributed by atoms with Gasteiger partial charge in [-0.25, -0.2) is 0 Å². The fourth-order valence-corrected chi connectivity index (χ4v) is 4.85. The minimum Gasteiger partial charge on any atom is -0.507 e. The Balaban J connectivity index is 1.98. The summed E-state index contributed by atoms with van der Waals surface area (Å²) >= 11 is 0. The van der Waals surface area contributed by atoms with Crippen LogP contribution in [0.4, 0.5) is 0 Å². The van der Waals surface area contributed by atoms with E-state index in [0.29, 0.717) is 5.56 Å². The molecule has 32 heavy (non-hydrogen) atoms. The summed E-state index contributed by atoms with van der Waals surface area (Å²) in [7, 11) is 1.43. The van der Waals surface area contributed by atoms with Crippen molar-refractivity contribution in [2.75, 3.05) is 7.11 Å². The quantitative estimate of drug-likeness (QED) is 0.483. The van der Waals surface area contributed by atoms with Crippen molar-refractivity contribution in [1.29, 1.82) is 0 Å². The first kappa shape index (κ1) is 22.4. The molecule has 2 aromatic carbocycles. The average Bonchev–Trinajstić information content (AvgIpc) is 2.69. The molecule has 0 fully saturated rings. The van der Waals surface area contributed by atoms with Crippen LogP contribution in [0.3, 0.4) is 0 Å². The highest BCUT2D eigenvalue weighted by atomic mass is 16.5. The van der Waals surface area contributed by atoms with Crippen molar-refractivity contribution in [3.8, 4) is 11.5 Å². The number of ether oxygens (including phenoxy) is 2. The minimum absolute atomic E-state index is 0.0248. The van der Waals surface area contributed by atoms with E-state index in [4.69, 9.17) is 9.47 Å². The Bertz CT molecular complexity index is 1130. The van der Waals surface area contributed by atoms with Gasteiger partial charge in [0.05, 0.1) is 29.4 Å². The van der Waals surface area contributed by atoms with Crippen molar-refractivity contribution in [2.45, 2.75) is 57.7 Å². The Morgan fingerprint density at radius 3 is 2.34 bits per heavy atom. The van der Waals surface area contributed by atoms with Crippen LogP contribution in [0, 0.1) is 0 Å². The highest BCUT2D eigenvalue weighted by Crippen LogP contribution is 2.48. The molecule has 170 valence electrons. The van der Waals surface area contributed by atoms with Gasteiger partial charge in [-0.1, -0.05) is 0 Å². The van der Waals surface area contributed by atoms with Gasteiger partial charge in [0, 0.05) is 30.2 Å². The fraction of sp³-hybridized carbons (Fsp3) is 0.417. The predicted molar refractivity (Wildman–Crippen MR) is 113 cm³/mol. The molecule has 4 rings (SSSR count). The molecular formula is C24H26O8. The first-order valence-electron chi connectivity index (χ1n) is 10.4. The molecule has 0 saturated heterocycles. The maximum absolute atomic E-state index is 13.3. The molecular weight excluding hydrogens is 416 g/mol. The summed E-state index contributed by atoms with van der Waals surface area (Å²) in [6, 6.07) is 4.07. The molecule has 0 heterocycles. The van der Waals surface area contributed by atoms with Crippen LogP contribution in [0.25, 0.3) is 0 Å². The van der Waals surface area contributed by atoms with Gasteiger partial charge in [-0.3, -0.25) is 9.59 Å². The molecule has 3 atom stereocenters. The summed E-state index contributed by atoms with van der Waals surface area (Å²) in [5.74, 6) is -2.13. The topological polar surface area (TPSA) is 134 Å². The molecule has 2 aliphatic carbocycles. The summed E-state index contributed by atoms with van der Waals surface area (Å²) in [5.41, 5.74) is -0.830. The number of hydrogen-bond acceptors (Lipinski definition) is 8. The van der Waals surface area contributed by atoms with Crippen LogP contribution in [0.2, 0.25) is 0 Å². The van der Waals surface area contributed by atoms with Crippen molar-refractivity contribution in [2.24, 2.45) is 0 Å². The zero-order valence-electron chi connectivity index (χ0n) is 18.3. The van der Waals surface area contributed by atoms with Crippen LogP contribution < -0.4 is 0 Å². The van der Waals surface area contributed by atoms with Gasteiger partial charge in [-0.2, -0.15) is 0 Å². The third-order valence-electron chi connectivity index (χ3n) is 6.12. The Morgan fingerprint density at radius 1 is 1.09 bits per heavy atom. The lowest BCUT2D eigenvalue weighted by atomic mass is 9.72. The van der Waals surface area contributed by atoms with Crippen LogP contribution in [-0.4, -0.2) is 56.9 Å². The molecule has 2 aromatic rings. The molecule has 0 saturated carbocycles. The standard InChI is InChI=1S/C24H26O8/c1-10(2)32-22-16-12(8-24(3,30)23(22)31-4)7-14-18(20(16)28)21(29)17-13(19(14)27)5-11(9-25)6-15(17)26/h5-7,10,22-23,25-26,28,30H,8-9H2,1-4H3/t22-,23+,24-/m0/s1. The Morgan fingerprint density at radius 2 is 1.75 bits per heavy atom. The second-order valence-electron chi connectivity index (χ2n) is 8.87. The number of rotatable bonds is 4. The van der Waals surface area contributed by atoms with Gasteiger partial charge in [0.15, 0.2) is 5.78 Å². The first-order valence-corrected chi connectivity index (χ1v) is 10.4. The largest absolute Gasteiger partial charge is 0.507 e. The van der Waals surface area contributed by atoms with Gasteiger partial charge >= 0.3 is 0 Å². The molecule has 4 N–H and O–H groups in total. The van der Waals surface area contributed by atoms with E-state index in [9.17, 15) is 30.0 Å². The van der Waals surface area contributed by atoms with E-state index in [-0.39, 0.29) is 45.9 Å². The molecule has 8 nitrogen and oxygen atoms in total. The number of hydrogen-bond donors (Lipinski definition) is 4. The number of carbonyl (C=O) groups excluding carboxylic acids is 2. The molecule has 0 aromatic heterocycles. The summed E-state index contributed by atoms with van der Waals surface area (Å²) in [4.78, 5) is 26.6. The van der Waals surface area contributed by atoms with E-state index in [1.54, 1.807) is 20.8 Å². The van der Waals surface area contributed by atoms with Crippen LogP contribution in [-0.2, 0) is 22.5 Å². The summed E-state index contributed by atoms with van der Waals surface area (Å²) < 4.78 is 11.5. The van der Waals surface area contributed by atoms with Crippen LogP contribution in [0.5, 0.6) is 11.5 Å². The van der Waals surface area contributed by atoms with Crippen molar-refractivity contribution in [3.05, 3.63) is 57.1 Å². The van der Waals surface area contributed by atoms with Gasteiger partial charge < -0.3 is 29.9 Å². The smallest absolute Gasteiger partial charge is 0.201 e. The van der Waals surface area contributed by atoms with E-state index >= 15 is 0 Å². The number of methoxy groups -OCH3 is 1. The highest BCUT2D eigenvalue weighted by molar-refractivity contribution is 6.30. The normalized spacial score (nSPS) is 24.3. The minimum atomic E-state index is -1.36. The average molecular weight is 442 g/mol. The zero-order chi connectivity index (χ0) is 23.5. The third kappa shape index (κ3) is 3.22. The van der Waals surface area contributed by atoms with E-state index in [0.717, 1.165) is 0 Å². The lowest BCUT2D eigenvalue weighted by Gasteiger charge is -2.43. The van der Waals surface area contributed by atoms with Crippen LogP contribution in [0.15, 0.2) is 18.2 Å². The number of carbonyl (C=O) groups is 2. The summed E-state index contributed by atoms with van der Waals surface area (Å²) in [6.45, 7) is 4.77. The number of aromatic hydroxyl groups is 2. The molecule has 0 spiro atoms. The van der Waals surface area contributed by atoms with Gasteiger partial charge in [-0.15, -0.1) is 0 Å². The van der Waals surface area contributed by atoms with Crippen molar-refractivity contribution in [3.63, 3.8) is 0 Å². The van der Waals surface area contributed by atoms with Crippen molar-refractivity contribution in [1.82, 2.24) is 0 Å². The van der Waals surface area contributed by atoms with Crippen molar-refractivity contribution < 1.29 is 39.5 Å². The van der Waals surface area contributed by atoms with E-state index in [1.165, 1.54) is 25.3 Å². The summed E-state index contributed by atoms with van der Waals surface area (Å²) in [5, 5.41) is 42.1. The number of phenolic OH excluding ortho intramolecular Hbond substituents is 2. The third-order valence-corrected chi connectivity index (χ3v) is 6.12. The zero-order valence-corrected chi connectivity index (χ0v) is 18.3. The van der Waals surface area contributed by atoms with Crippen LogP contribution >= 0.6 is 0 Å². The number of benzene rings is 2. The molecule has 8 heteroatoms. The Kier molecular flexibility index (Phi) is 5.37. The number of fused-ring (bicyclic) bond motifs is 3. The lowest BCUT2D eigenvalue weighted by molar-refractivity contribution is -0.170. The lowest BCUT2D eigenvalue weighted by Crippen LogP contribution is -2.51. The number of ketones is 2. The van der Waals surface area contributed by atoms with E-state index in [1.807, 2.05) is 0 Å². The second-order valence-corrected chi connectivity index (χ2v) is 8.87. The molecule has 0 aliphatic heterocycles. The number of aliphatic hydroxyl groups excluding tert-OH is 1. The monoisotopic (exact) mass is 442 g/mol. The van der Waals surface area contributed by atoms with Gasteiger partial charge in [0.1, 0.15) is 23.7 Å². The molecule has 0 radical (unpaired) electrons. The maximum Gasteiger partial charge on any atom is 0.201 e. The van der Waals surface area contributed by atoms with E-state index in [2.05, 4.69) is 0 Å². The Labute approximate surface area is 185 Å². The maximum atomic E-state index is 13.3. The predicted octanol–water partition coefficient (Wildman–Crippen LogP) is 2.15. The van der Waals surface area contributed by atoms with Crippen molar-refractivity contribution >= 4 is 11.6 Å². The SMILES string of the molecule is CO[C@@H]1[C@@H](OC(C)C)c2c(cc3c(c2O)C(=O)c2c(O)cc(CO)cc2C3=O)C[C@]1(C)O. The van der Waals surface area contributed by atoms with E-state index < -0.39 is 47.5 Å². The van der Waals surface area contributed by atoms with Gasteiger partial charge in [-0.05, 0) is 50.1 Å². The molecule has 0 amide bonds. The first-order chi connectivity index (χ1) is 15.0. The van der Waals surface area contributed by atoms with Gasteiger partial charge in [0.25, 0.3) is 0 Å². The molecule has 0 unspecified atom stereocenters. The Hall–Kier alpha value is -2.78. The van der Waals surface area contributed by atoms with Crippen LogP contribution in [0.1, 0.15) is 75.4 Å². The number of aliphatic hydroxyl groups is 2. The second kappa shape index (κ2) is 7.67. The number of phenols is 2. The summed E-state index contributed by atoms with van der Waals surface area (Å²) in [6.07, 6.45) is -1.94. The fourth-order valence-electron chi connectivity index (χ4n) is 4.85. The highest BCUT2D eigenvalue weighted by Gasteiger charge is 2.48. The molecule has 0 bridgehead atoms.